The fourth-order valence-corrected chi connectivity index (χ4v) is 6.02. The number of quaternary nitrogens is 1. The van der Waals surface area contributed by atoms with Crippen molar-refractivity contribution in [1.29, 1.82) is 0 Å². The summed E-state index contributed by atoms with van der Waals surface area (Å²) < 4.78 is 0.614. The molecule has 264 valence electrons. The highest BCUT2D eigenvalue weighted by molar-refractivity contribution is 5.70. The van der Waals surface area contributed by atoms with Crippen LogP contribution in [0.1, 0.15) is 169 Å². The summed E-state index contributed by atoms with van der Waals surface area (Å²) in [5.74, 6) is -3.90. The summed E-state index contributed by atoms with van der Waals surface area (Å²) in [6.45, 7) is 10.2. The van der Waals surface area contributed by atoms with Gasteiger partial charge in [-0.05, 0) is 38.5 Å². The Labute approximate surface area is 276 Å². The van der Waals surface area contributed by atoms with Gasteiger partial charge in [0.1, 0.15) is 0 Å². The molecular formula is C38H72NO6+. The molecule has 0 bridgehead atoms. The van der Waals surface area contributed by atoms with Crippen LogP contribution in [0.5, 0.6) is 0 Å². The van der Waals surface area contributed by atoms with E-state index in [-0.39, 0.29) is 0 Å². The smallest absolute Gasteiger partial charge is 0.306 e. The third kappa shape index (κ3) is 24.9. The van der Waals surface area contributed by atoms with Crippen LogP contribution in [-0.2, 0) is 14.4 Å². The number of allylic oxidation sites excluding steroid dienone is 2. The first kappa shape index (κ1) is 43.1. The zero-order valence-electron chi connectivity index (χ0n) is 29.8. The Morgan fingerprint density at radius 1 is 0.467 bits per heavy atom. The first-order valence-corrected chi connectivity index (χ1v) is 18.7. The molecule has 0 heterocycles. The van der Waals surface area contributed by atoms with Crippen molar-refractivity contribution < 1.29 is 34.2 Å². The van der Waals surface area contributed by atoms with Crippen molar-refractivity contribution in [2.24, 2.45) is 17.8 Å². The number of carboxylic acids is 3. The van der Waals surface area contributed by atoms with Crippen LogP contribution >= 0.6 is 0 Å². The first-order chi connectivity index (χ1) is 21.5. The standard InChI is InChI=1S/C38H71NO6/c1-5-6-7-8-9-10-11-12-13-14-15-16-17-18-19-20-21-22-23-24-25-29-39(30-26-33(2)36(40)41,31-27-34(3)37(42)43)32-28-35(4)38(44)45/h9-10,33-35H,5-8,11-32H2,1-4H3,(H2-,40,41,42,43,44,45)/p+1/b10-9+. The molecule has 0 fully saturated rings. The lowest BCUT2D eigenvalue weighted by atomic mass is 10.0. The van der Waals surface area contributed by atoms with Gasteiger partial charge in [0.2, 0.25) is 0 Å². The van der Waals surface area contributed by atoms with Gasteiger partial charge in [-0.1, -0.05) is 123 Å². The van der Waals surface area contributed by atoms with E-state index in [0.717, 1.165) is 19.4 Å². The van der Waals surface area contributed by atoms with Crippen LogP contribution in [0, 0.1) is 17.8 Å². The van der Waals surface area contributed by atoms with Crippen LogP contribution in [0.15, 0.2) is 12.2 Å². The van der Waals surface area contributed by atoms with E-state index in [9.17, 15) is 29.7 Å². The predicted octanol–water partition coefficient (Wildman–Crippen LogP) is 10.1. The highest BCUT2D eigenvalue weighted by atomic mass is 16.4. The van der Waals surface area contributed by atoms with Gasteiger partial charge < -0.3 is 19.8 Å². The number of unbranched alkanes of at least 4 members (excludes halogenated alkanes) is 17. The molecule has 0 aromatic carbocycles. The third-order valence-corrected chi connectivity index (χ3v) is 9.77. The average Bonchev–Trinajstić information content (AvgIpc) is 3.01. The molecule has 3 unspecified atom stereocenters. The second-order valence-corrected chi connectivity index (χ2v) is 14.0. The summed E-state index contributed by atoms with van der Waals surface area (Å²) >= 11 is 0. The molecule has 0 aliphatic rings. The van der Waals surface area contributed by atoms with Gasteiger partial charge in [-0.2, -0.15) is 0 Å². The molecule has 0 saturated heterocycles. The number of rotatable bonds is 33. The first-order valence-electron chi connectivity index (χ1n) is 18.7. The number of hydrogen-bond acceptors (Lipinski definition) is 3. The Bertz CT molecular complexity index is 722. The normalized spacial score (nSPS) is 15.1. The summed E-state index contributed by atoms with van der Waals surface area (Å²) in [6.07, 6.45) is 30.7. The minimum Gasteiger partial charge on any atom is -0.481 e. The largest absolute Gasteiger partial charge is 0.481 e. The molecule has 0 aromatic rings. The highest BCUT2D eigenvalue weighted by Gasteiger charge is 2.31. The van der Waals surface area contributed by atoms with Crippen LogP contribution in [0.25, 0.3) is 0 Å². The second-order valence-electron chi connectivity index (χ2n) is 14.0. The Kier molecular flexibility index (Phi) is 27.2. The molecule has 0 saturated carbocycles. The molecule has 7 nitrogen and oxygen atoms in total. The maximum Gasteiger partial charge on any atom is 0.306 e. The quantitative estimate of drug-likeness (QED) is 0.0375. The van der Waals surface area contributed by atoms with Crippen LogP contribution in [0.4, 0.5) is 0 Å². The van der Waals surface area contributed by atoms with E-state index < -0.39 is 35.7 Å². The van der Waals surface area contributed by atoms with Gasteiger partial charge in [0, 0.05) is 19.3 Å². The van der Waals surface area contributed by atoms with Gasteiger partial charge in [-0.25, -0.2) is 0 Å². The minimum absolute atomic E-state index is 0.478. The molecule has 0 radical (unpaired) electrons. The van der Waals surface area contributed by atoms with E-state index in [0.29, 0.717) is 43.4 Å². The van der Waals surface area contributed by atoms with Crippen molar-refractivity contribution >= 4 is 17.9 Å². The molecular weight excluding hydrogens is 566 g/mol. The van der Waals surface area contributed by atoms with Crippen molar-refractivity contribution in [3.05, 3.63) is 12.2 Å². The Balaban J connectivity index is 4.33. The Hall–Kier alpha value is -1.89. The number of carboxylic acid groups (broad SMARTS) is 3. The molecule has 0 rings (SSSR count). The van der Waals surface area contributed by atoms with E-state index >= 15 is 0 Å². The monoisotopic (exact) mass is 639 g/mol. The van der Waals surface area contributed by atoms with Crippen molar-refractivity contribution in [2.75, 3.05) is 26.2 Å². The van der Waals surface area contributed by atoms with E-state index in [1.54, 1.807) is 20.8 Å². The summed E-state index contributed by atoms with van der Waals surface area (Å²) in [6, 6.07) is 0. The van der Waals surface area contributed by atoms with Crippen molar-refractivity contribution in [3.8, 4) is 0 Å². The van der Waals surface area contributed by atoms with Gasteiger partial charge >= 0.3 is 17.9 Å². The fourth-order valence-electron chi connectivity index (χ4n) is 6.02. The van der Waals surface area contributed by atoms with E-state index in [2.05, 4.69) is 19.1 Å². The van der Waals surface area contributed by atoms with Gasteiger partial charge in [-0.3, -0.25) is 14.4 Å². The van der Waals surface area contributed by atoms with Crippen LogP contribution in [-0.4, -0.2) is 63.9 Å². The second kappa shape index (κ2) is 28.3. The summed E-state index contributed by atoms with van der Waals surface area (Å²) in [5, 5.41) is 28.4. The van der Waals surface area contributed by atoms with Crippen LogP contribution in [0.3, 0.4) is 0 Å². The maximum absolute atomic E-state index is 11.5. The lowest BCUT2D eigenvalue weighted by molar-refractivity contribution is -0.929. The van der Waals surface area contributed by atoms with Crippen molar-refractivity contribution in [1.82, 2.24) is 0 Å². The van der Waals surface area contributed by atoms with Gasteiger partial charge in [0.05, 0.1) is 43.9 Å². The van der Waals surface area contributed by atoms with Crippen molar-refractivity contribution in [3.63, 3.8) is 0 Å². The van der Waals surface area contributed by atoms with E-state index in [1.807, 2.05) is 0 Å². The summed E-state index contributed by atoms with van der Waals surface area (Å²) in [7, 11) is 0. The highest BCUT2D eigenvalue weighted by Crippen LogP contribution is 2.22. The molecule has 7 heteroatoms. The fraction of sp³-hybridized carbons (Fsp3) is 0.868. The Morgan fingerprint density at radius 2 is 0.756 bits per heavy atom. The number of aliphatic carboxylic acids is 3. The molecule has 0 aliphatic carbocycles. The van der Waals surface area contributed by atoms with Crippen LogP contribution in [0.2, 0.25) is 0 Å². The maximum atomic E-state index is 11.5. The molecule has 3 N–H and O–H groups in total. The zero-order chi connectivity index (χ0) is 33.8. The number of nitrogens with zero attached hydrogens (tertiary/aromatic N) is 1. The average molecular weight is 639 g/mol. The van der Waals surface area contributed by atoms with Crippen molar-refractivity contribution in [2.45, 2.75) is 169 Å². The number of hydrogen-bond donors (Lipinski definition) is 3. The number of carbonyl (C=O) groups is 3. The molecule has 0 amide bonds. The molecule has 0 aromatic heterocycles. The van der Waals surface area contributed by atoms with E-state index in [4.69, 9.17) is 0 Å². The van der Waals surface area contributed by atoms with Crippen LogP contribution < -0.4 is 0 Å². The summed E-state index contributed by atoms with van der Waals surface area (Å²) in [5.41, 5.74) is 0. The summed E-state index contributed by atoms with van der Waals surface area (Å²) in [4.78, 5) is 34.6. The van der Waals surface area contributed by atoms with Gasteiger partial charge in [0.15, 0.2) is 0 Å². The molecule has 3 atom stereocenters. The molecule has 0 spiro atoms. The van der Waals surface area contributed by atoms with E-state index in [1.165, 1.54) is 109 Å². The molecule has 45 heavy (non-hydrogen) atoms. The lowest BCUT2D eigenvalue weighted by Crippen LogP contribution is -2.52. The minimum atomic E-state index is -0.821. The zero-order valence-corrected chi connectivity index (χ0v) is 29.8. The lowest BCUT2D eigenvalue weighted by Gasteiger charge is -2.40. The SMILES string of the molecule is CCCCC/C=C/CCCCCCCCCCCCCCCC[N+](CCC(C)C(=O)O)(CCC(C)C(=O)O)CCC(C)C(=O)O. The van der Waals surface area contributed by atoms with Gasteiger partial charge in [-0.15, -0.1) is 0 Å². The topological polar surface area (TPSA) is 112 Å². The van der Waals surface area contributed by atoms with Gasteiger partial charge in [0.25, 0.3) is 0 Å². The Morgan fingerprint density at radius 3 is 1.07 bits per heavy atom. The predicted molar refractivity (Wildman–Crippen MR) is 187 cm³/mol. The third-order valence-electron chi connectivity index (χ3n) is 9.77. The molecule has 0 aliphatic heterocycles.